The van der Waals surface area contributed by atoms with Crippen molar-refractivity contribution in [3.63, 3.8) is 0 Å². The van der Waals surface area contributed by atoms with E-state index in [4.69, 9.17) is 19.9 Å². The largest absolute Gasteiger partial charge is 0.376 e. The number of hydrogen-bond acceptors (Lipinski definition) is 4. The van der Waals surface area contributed by atoms with E-state index in [9.17, 15) is 4.79 Å². The summed E-state index contributed by atoms with van der Waals surface area (Å²) in [6, 6.07) is 0. The SMILES string of the molecule is CC12CC(C(N)=O)(CC1OCC1CCCCO1)C(C)(C)O2. The number of ether oxygens (including phenoxy) is 3. The number of amides is 1. The lowest BCUT2D eigenvalue weighted by atomic mass is 9.72. The maximum Gasteiger partial charge on any atom is 0.226 e. The Balaban J connectivity index is 1.68. The van der Waals surface area contributed by atoms with Crippen molar-refractivity contribution >= 4 is 5.91 Å². The highest BCUT2D eigenvalue weighted by molar-refractivity contribution is 5.83. The summed E-state index contributed by atoms with van der Waals surface area (Å²) in [6.07, 6.45) is 4.79. The first kappa shape index (κ1) is 15.3. The highest BCUT2D eigenvalue weighted by atomic mass is 16.6. The molecule has 120 valence electrons. The average Bonchev–Trinajstić information content (AvgIpc) is 2.82. The fraction of sp³-hybridized carbons (Fsp3) is 0.938. The van der Waals surface area contributed by atoms with Crippen molar-refractivity contribution in [2.45, 2.75) is 76.3 Å². The summed E-state index contributed by atoms with van der Waals surface area (Å²) >= 11 is 0. The van der Waals surface area contributed by atoms with Crippen molar-refractivity contribution < 1.29 is 19.0 Å². The number of hydrogen-bond donors (Lipinski definition) is 1. The first-order valence-electron chi connectivity index (χ1n) is 8.02. The molecule has 0 spiro atoms. The number of rotatable bonds is 4. The molecule has 5 nitrogen and oxygen atoms in total. The maximum atomic E-state index is 12.1. The van der Waals surface area contributed by atoms with E-state index in [1.54, 1.807) is 0 Å². The first-order valence-corrected chi connectivity index (χ1v) is 8.02. The van der Waals surface area contributed by atoms with Crippen LogP contribution < -0.4 is 5.73 Å². The van der Waals surface area contributed by atoms with E-state index >= 15 is 0 Å². The molecule has 2 aliphatic heterocycles. The van der Waals surface area contributed by atoms with E-state index in [1.165, 1.54) is 6.42 Å². The zero-order chi connectivity index (χ0) is 15.3. The smallest absolute Gasteiger partial charge is 0.226 e. The van der Waals surface area contributed by atoms with Crippen LogP contribution in [0.25, 0.3) is 0 Å². The first-order chi connectivity index (χ1) is 9.79. The van der Waals surface area contributed by atoms with Crippen molar-refractivity contribution in [1.29, 1.82) is 0 Å². The molecule has 21 heavy (non-hydrogen) atoms. The molecule has 0 radical (unpaired) electrons. The summed E-state index contributed by atoms with van der Waals surface area (Å²) in [6.45, 7) is 7.37. The van der Waals surface area contributed by atoms with Gasteiger partial charge in [-0.1, -0.05) is 0 Å². The van der Waals surface area contributed by atoms with Gasteiger partial charge in [0.1, 0.15) is 0 Å². The number of nitrogens with two attached hydrogens (primary N) is 1. The fourth-order valence-electron chi connectivity index (χ4n) is 4.44. The van der Waals surface area contributed by atoms with E-state index in [2.05, 4.69) is 0 Å². The third kappa shape index (κ3) is 2.30. The molecular formula is C16H27NO4. The normalized spacial score (nSPS) is 44.9. The topological polar surface area (TPSA) is 70.8 Å². The van der Waals surface area contributed by atoms with Crippen LogP contribution in [0.5, 0.6) is 0 Å². The van der Waals surface area contributed by atoms with Crippen LogP contribution in [0.2, 0.25) is 0 Å². The van der Waals surface area contributed by atoms with Crippen molar-refractivity contribution in [2.24, 2.45) is 11.1 Å². The van der Waals surface area contributed by atoms with Crippen LogP contribution >= 0.6 is 0 Å². The standard InChI is InChI=1S/C16H27NO4/c1-14(2)16(13(17)18)8-12(15(3,10-16)21-14)20-9-11-6-4-5-7-19-11/h11-12H,4-10H2,1-3H3,(H2,17,18). The molecule has 2 bridgehead atoms. The molecule has 1 saturated carbocycles. The molecule has 3 rings (SSSR count). The molecule has 3 aliphatic rings. The van der Waals surface area contributed by atoms with Gasteiger partial charge in [-0.25, -0.2) is 0 Å². The molecule has 2 N–H and O–H groups in total. The van der Waals surface area contributed by atoms with E-state index in [1.807, 2.05) is 20.8 Å². The third-order valence-corrected chi connectivity index (χ3v) is 5.74. The van der Waals surface area contributed by atoms with E-state index < -0.39 is 16.6 Å². The van der Waals surface area contributed by atoms with E-state index in [0.717, 1.165) is 19.4 Å². The number of fused-ring (bicyclic) bond motifs is 2. The van der Waals surface area contributed by atoms with Crippen LogP contribution in [0, 0.1) is 5.41 Å². The second kappa shape index (κ2) is 4.93. The second-order valence-corrected chi connectivity index (χ2v) is 7.56. The van der Waals surface area contributed by atoms with Gasteiger partial charge in [0.2, 0.25) is 5.91 Å². The highest BCUT2D eigenvalue weighted by Crippen LogP contribution is 2.62. The molecule has 0 aromatic heterocycles. The molecule has 0 aromatic rings. The van der Waals surface area contributed by atoms with Crippen LogP contribution in [0.15, 0.2) is 0 Å². The Morgan fingerprint density at radius 3 is 2.67 bits per heavy atom. The zero-order valence-electron chi connectivity index (χ0n) is 13.3. The van der Waals surface area contributed by atoms with E-state index in [0.29, 0.717) is 19.4 Å². The predicted molar refractivity (Wildman–Crippen MR) is 77.8 cm³/mol. The summed E-state index contributed by atoms with van der Waals surface area (Å²) in [5.74, 6) is -0.267. The Labute approximate surface area is 126 Å². The summed E-state index contributed by atoms with van der Waals surface area (Å²) < 4.78 is 18.0. The Morgan fingerprint density at radius 2 is 2.10 bits per heavy atom. The van der Waals surface area contributed by atoms with Crippen LogP contribution in [-0.2, 0) is 19.0 Å². The Bertz CT molecular complexity index is 432. The number of carbonyl (C=O) groups excluding carboxylic acids is 1. The molecule has 3 fully saturated rings. The van der Waals surface area contributed by atoms with Crippen molar-refractivity contribution in [3.8, 4) is 0 Å². The fourth-order valence-corrected chi connectivity index (χ4v) is 4.44. The summed E-state index contributed by atoms with van der Waals surface area (Å²) in [5, 5.41) is 0. The van der Waals surface area contributed by atoms with Gasteiger partial charge in [0.15, 0.2) is 0 Å². The second-order valence-electron chi connectivity index (χ2n) is 7.56. The summed E-state index contributed by atoms with van der Waals surface area (Å²) in [5.41, 5.74) is 4.15. The van der Waals surface area contributed by atoms with Gasteiger partial charge in [0.25, 0.3) is 0 Å². The lowest BCUT2D eigenvalue weighted by molar-refractivity contribution is -0.206. The number of primary amides is 1. The van der Waals surface area contributed by atoms with Gasteiger partial charge >= 0.3 is 0 Å². The third-order valence-electron chi connectivity index (χ3n) is 5.74. The van der Waals surface area contributed by atoms with Crippen molar-refractivity contribution in [2.75, 3.05) is 13.2 Å². The molecule has 2 heterocycles. The van der Waals surface area contributed by atoms with E-state index in [-0.39, 0.29) is 18.1 Å². The zero-order valence-corrected chi connectivity index (χ0v) is 13.3. The average molecular weight is 297 g/mol. The Hall–Kier alpha value is -0.650. The van der Waals surface area contributed by atoms with Gasteiger partial charge < -0.3 is 19.9 Å². The van der Waals surface area contributed by atoms with Gasteiger partial charge in [0.05, 0.1) is 35.4 Å². The lowest BCUT2D eigenvalue weighted by Crippen LogP contribution is -2.54. The quantitative estimate of drug-likeness (QED) is 0.858. The van der Waals surface area contributed by atoms with Gasteiger partial charge in [-0.2, -0.15) is 0 Å². The molecule has 0 aromatic carbocycles. The van der Waals surface area contributed by atoms with Crippen LogP contribution in [0.3, 0.4) is 0 Å². The number of carbonyl (C=O) groups is 1. The minimum absolute atomic E-state index is 0.0800. The predicted octanol–water partition coefficient (Wildman–Crippen LogP) is 1.77. The van der Waals surface area contributed by atoms with Gasteiger partial charge in [-0.05, 0) is 52.9 Å². The minimum Gasteiger partial charge on any atom is -0.376 e. The van der Waals surface area contributed by atoms with Gasteiger partial charge in [-0.15, -0.1) is 0 Å². The molecule has 1 amide bonds. The van der Waals surface area contributed by atoms with Gasteiger partial charge in [0, 0.05) is 6.61 Å². The molecule has 4 unspecified atom stereocenters. The summed E-state index contributed by atoms with van der Waals surface area (Å²) in [7, 11) is 0. The minimum atomic E-state index is -0.611. The molecule has 5 heteroatoms. The van der Waals surface area contributed by atoms with Crippen LogP contribution in [-0.4, -0.2) is 42.5 Å². The van der Waals surface area contributed by atoms with Crippen molar-refractivity contribution in [3.05, 3.63) is 0 Å². The Morgan fingerprint density at radius 1 is 1.33 bits per heavy atom. The van der Waals surface area contributed by atoms with Crippen molar-refractivity contribution in [1.82, 2.24) is 0 Å². The van der Waals surface area contributed by atoms with Gasteiger partial charge in [-0.3, -0.25) is 4.79 Å². The monoisotopic (exact) mass is 297 g/mol. The molecule has 1 aliphatic carbocycles. The van der Waals surface area contributed by atoms with Crippen LogP contribution in [0.1, 0.15) is 52.9 Å². The molecule has 2 saturated heterocycles. The summed E-state index contributed by atoms with van der Waals surface area (Å²) in [4.78, 5) is 12.1. The molecule has 4 atom stereocenters. The Kier molecular flexibility index (Phi) is 3.58. The van der Waals surface area contributed by atoms with Crippen LogP contribution in [0.4, 0.5) is 0 Å². The molecular weight excluding hydrogens is 270 g/mol. The lowest BCUT2D eigenvalue weighted by Gasteiger charge is -2.44. The highest BCUT2D eigenvalue weighted by Gasteiger charge is 2.70. The maximum absolute atomic E-state index is 12.1.